The van der Waals surface area contributed by atoms with E-state index in [4.69, 9.17) is 4.74 Å². The van der Waals surface area contributed by atoms with Gasteiger partial charge in [0.05, 0.1) is 5.38 Å². The first-order chi connectivity index (χ1) is 10.7. The molecule has 0 aliphatic rings. The van der Waals surface area contributed by atoms with Crippen LogP contribution in [0.3, 0.4) is 0 Å². The highest BCUT2D eigenvalue weighted by Gasteiger charge is 2.23. The fourth-order valence-electron chi connectivity index (χ4n) is 2.03. The van der Waals surface area contributed by atoms with E-state index in [1.807, 2.05) is 58.6 Å². The third-order valence-corrected chi connectivity index (χ3v) is 4.49. The lowest BCUT2D eigenvalue weighted by Gasteiger charge is -2.02. The first-order valence-corrected chi connectivity index (χ1v) is 8.38. The van der Waals surface area contributed by atoms with E-state index in [1.165, 1.54) is 11.3 Å². The van der Waals surface area contributed by atoms with Gasteiger partial charge in [0.15, 0.2) is 12.7 Å². The van der Waals surface area contributed by atoms with Crippen LogP contribution >= 0.6 is 27.3 Å². The van der Waals surface area contributed by atoms with Crippen molar-refractivity contribution in [3.05, 3.63) is 81.2 Å². The summed E-state index contributed by atoms with van der Waals surface area (Å²) in [7, 11) is 0. The number of esters is 1. The summed E-state index contributed by atoms with van der Waals surface area (Å²) in [6.45, 7) is 0.648. The quantitative estimate of drug-likeness (QED) is 0.391. The van der Waals surface area contributed by atoms with E-state index < -0.39 is 0 Å². The zero-order valence-electron chi connectivity index (χ0n) is 11.6. The Hall–Kier alpha value is -1.98. The van der Waals surface area contributed by atoms with Crippen LogP contribution in [0.4, 0.5) is 0 Å². The van der Waals surface area contributed by atoms with Crippen LogP contribution in [0.2, 0.25) is 0 Å². The number of aromatic nitrogens is 1. The SMILES string of the molecule is O=C(Oc1ccc(Br)cc1)c1scc[n+]1Cc1ccccc1. The molecular formula is C17H13BrNO2S+. The molecule has 1 heterocycles. The number of thiazole rings is 1. The Bertz CT molecular complexity index is 769. The molecule has 0 aliphatic carbocycles. The van der Waals surface area contributed by atoms with Crippen LogP contribution in [0.1, 0.15) is 15.4 Å². The van der Waals surface area contributed by atoms with Crippen molar-refractivity contribution in [3.8, 4) is 5.75 Å². The molecule has 0 spiro atoms. The minimum absolute atomic E-state index is 0.340. The van der Waals surface area contributed by atoms with Gasteiger partial charge in [-0.1, -0.05) is 57.6 Å². The molecule has 0 fully saturated rings. The van der Waals surface area contributed by atoms with Gasteiger partial charge in [0.2, 0.25) is 0 Å². The molecule has 5 heteroatoms. The molecule has 2 aromatic carbocycles. The second-order valence-electron chi connectivity index (χ2n) is 4.67. The molecule has 0 atom stereocenters. The topological polar surface area (TPSA) is 30.2 Å². The second-order valence-corrected chi connectivity index (χ2v) is 6.48. The summed E-state index contributed by atoms with van der Waals surface area (Å²) in [4.78, 5) is 12.3. The molecule has 0 saturated carbocycles. The van der Waals surface area contributed by atoms with Gasteiger partial charge in [-0.3, -0.25) is 0 Å². The molecule has 0 aliphatic heterocycles. The van der Waals surface area contributed by atoms with Crippen LogP contribution in [0, 0.1) is 0 Å². The molecule has 3 aromatic rings. The van der Waals surface area contributed by atoms with Crippen molar-refractivity contribution in [2.45, 2.75) is 6.54 Å². The van der Waals surface area contributed by atoms with Gasteiger partial charge < -0.3 is 4.74 Å². The van der Waals surface area contributed by atoms with Gasteiger partial charge in [-0.25, -0.2) is 4.79 Å². The first kappa shape index (κ1) is 14.9. The maximum absolute atomic E-state index is 12.3. The number of halogens is 1. The maximum atomic E-state index is 12.3. The van der Waals surface area contributed by atoms with E-state index in [-0.39, 0.29) is 5.97 Å². The van der Waals surface area contributed by atoms with Crippen LogP contribution in [0.5, 0.6) is 5.75 Å². The second kappa shape index (κ2) is 6.85. The number of hydrogen-bond acceptors (Lipinski definition) is 3. The maximum Gasteiger partial charge on any atom is 0.420 e. The van der Waals surface area contributed by atoms with Crippen molar-refractivity contribution < 1.29 is 14.1 Å². The number of nitrogens with zero attached hydrogens (tertiary/aromatic N) is 1. The van der Waals surface area contributed by atoms with E-state index in [1.54, 1.807) is 12.1 Å². The predicted molar refractivity (Wildman–Crippen MR) is 89.2 cm³/mol. The molecule has 0 radical (unpaired) electrons. The average molecular weight is 375 g/mol. The van der Waals surface area contributed by atoms with Gasteiger partial charge in [0.25, 0.3) is 0 Å². The number of ether oxygens (including phenoxy) is 1. The normalized spacial score (nSPS) is 10.4. The van der Waals surface area contributed by atoms with Crippen molar-refractivity contribution >= 4 is 33.2 Å². The Balaban J connectivity index is 1.76. The lowest BCUT2D eigenvalue weighted by atomic mass is 10.2. The smallest absolute Gasteiger partial charge is 0.418 e. The van der Waals surface area contributed by atoms with Gasteiger partial charge in [-0.15, -0.1) is 0 Å². The van der Waals surface area contributed by atoms with Gasteiger partial charge in [-0.2, -0.15) is 4.57 Å². The standard InChI is InChI=1S/C17H13BrNO2S/c18-14-6-8-15(9-7-14)21-17(20)16-19(10-11-22-16)12-13-4-2-1-3-5-13/h1-11H,12H2/q+1. The Kier molecular flexibility index (Phi) is 4.65. The lowest BCUT2D eigenvalue weighted by Crippen LogP contribution is -2.38. The summed E-state index contributed by atoms with van der Waals surface area (Å²) in [5.41, 5.74) is 1.14. The third kappa shape index (κ3) is 3.61. The van der Waals surface area contributed by atoms with Gasteiger partial charge in [-0.05, 0) is 24.3 Å². The number of rotatable bonds is 4. The fourth-order valence-corrected chi connectivity index (χ4v) is 3.03. The molecular weight excluding hydrogens is 362 g/mol. The zero-order valence-corrected chi connectivity index (χ0v) is 14.0. The van der Waals surface area contributed by atoms with Crippen LogP contribution < -0.4 is 9.30 Å². The van der Waals surface area contributed by atoms with Crippen molar-refractivity contribution in [2.75, 3.05) is 0 Å². The van der Waals surface area contributed by atoms with E-state index in [0.29, 0.717) is 17.3 Å². The minimum Gasteiger partial charge on any atom is -0.418 e. The van der Waals surface area contributed by atoms with Crippen molar-refractivity contribution in [2.24, 2.45) is 0 Å². The Morgan fingerprint density at radius 3 is 2.55 bits per heavy atom. The number of hydrogen-bond donors (Lipinski definition) is 0. The number of carbonyl (C=O) groups excluding carboxylic acids is 1. The van der Waals surface area contributed by atoms with E-state index in [0.717, 1.165) is 10.0 Å². The largest absolute Gasteiger partial charge is 0.420 e. The van der Waals surface area contributed by atoms with Crippen molar-refractivity contribution in [1.82, 2.24) is 0 Å². The lowest BCUT2D eigenvalue weighted by molar-refractivity contribution is -0.685. The predicted octanol–water partition coefficient (Wildman–Crippen LogP) is 4.07. The average Bonchev–Trinajstić information content (AvgIpc) is 2.99. The van der Waals surface area contributed by atoms with Crippen LogP contribution in [-0.4, -0.2) is 5.97 Å². The third-order valence-electron chi connectivity index (χ3n) is 3.08. The molecule has 0 amide bonds. The molecule has 22 heavy (non-hydrogen) atoms. The molecule has 0 bridgehead atoms. The van der Waals surface area contributed by atoms with Gasteiger partial charge in [0, 0.05) is 10.0 Å². The van der Waals surface area contributed by atoms with E-state index in [9.17, 15) is 4.79 Å². The molecule has 0 N–H and O–H groups in total. The molecule has 0 saturated heterocycles. The van der Waals surface area contributed by atoms with E-state index in [2.05, 4.69) is 15.9 Å². The molecule has 1 aromatic heterocycles. The summed E-state index contributed by atoms with van der Waals surface area (Å²) < 4.78 is 8.27. The van der Waals surface area contributed by atoms with Crippen LogP contribution in [0.15, 0.2) is 70.6 Å². The Labute approximate surface area is 140 Å². The summed E-state index contributed by atoms with van der Waals surface area (Å²) in [5.74, 6) is 0.195. The highest BCUT2D eigenvalue weighted by Crippen LogP contribution is 2.17. The van der Waals surface area contributed by atoms with E-state index >= 15 is 0 Å². The fraction of sp³-hybridized carbons (Fsp3) is 0.0588. The van der Waals surface area contributed by atoms with Gasteiger partial charge >= 0.3 is 11.0 Å². The summed E-state index contributed by atoms with van der Waals surface area (Å²) >= 11 is 4.73. The Morgan fingerprint density at radius 1 is 1.09 bits per heavy atom. The minimum atomic E-state index is -0.340. The Morgan fingerprint density at radius 2 is 1.82 bits per heavy atom. The van der Waals surface area contributed by atoms with Crippen molar-refractivity contribution in [1.29, 1.82) is 0 Å². The molecule has 3 nitrogen and oxygen atoms in total. The van der Waals surface area contributed by atoms with Crippen LogP contribution in [0.25, 0.3) is 0 Å². The molecule has 3 rings (SSSR count). The summed E-state index contributed by atoms with van der Waals surface area (Å²) in [6, 6.07) is 17.2. The monoisotopic (exact) mass is 374 g/mol. The number of benzene rings is 2. The highest BCUT2D eigenvalue weighted by molar-refractivity contribution is 9.10. The van der Waals surface area contributed by atoms with Gasteiger partial charge in [0.1, 0.15) is 5.75 Å². The first-order valence-electron chi connectivity index (χ1n) is 6.71. The highest BCUT2D eigenvalue weighted by atomic mass is 79.9. The molecule has 0 unspecified atom stereocenters. The number of carbonyl (C=O) groups is 1. The van der Waals surface area contributed by atoms with Crippen molar-refractivity contribution in [3.63, 3.8) is 0 Å². The summed E-state index contributed by atoms with van der Waals surface area (Å²) in [6.07, 6.45) is 1.90. The zero-order chi connectivity index (χ0) is 15.4. The molecule has 110 valence electrons. The summed E-state index contributed by atoms with van der Waals surface area (Å²) in [5, 5.41) is 2.47. The van der Waals surface area contributed by atoms with Crippen LogP contribution in [-0.2, 0) is 6.54 Å².